The number of hydrogen-bond donors (Lipinski definition) is 2. The van der Waals surface area contributed by atoms with E-state index in [0.29, 0.717) is 0 Å². The fraction of sp³-hybridized carbons (Fsp3) is 0.150. The predicted molar refractivity (Wildman–Crippen MR) is 102 cm³/mol. The number of aromatic nitrogens is 2. The number of nitrogens with zero attached hydrogens (tertiary/aromatic N) is 2. The first-order valence-electron chi connectivity index (χ1n) is 8.28. The van der Waals surface area contributed by atoms with E-state index in [4.69, 9.17) is 0 Å². The van der Waals surface area contributed by atoms with Crippen molar-refractivity contribution >= 4 is 11.7 Å². The van der Waals surface area contributed by atoms with Crippen LogP contribution in [0.1, 0.15) is 18.5 Å². The summed E-state index contributed by atoms with van der Waals surface area (Å²) in [4.78, 5) is 28.2. The SMILES string of the molecule is C[C@H](NC(=O)Nc1cccn(C)c1=O)c1ccc(-c2cccnc2)cc1. The molecule has 3 aromatic rings. The Labute approximate surface area is 151 Å². The quantitative estimate of drug-likeness (QED) is 0.759. The maximum absolute atomic E-state index is 12.2. The lowest BCUT2D eigenvalue weighted by Gasteiger charge is -2.15. The van der Waals surface area contributed by atoms with Crippen LogP contribution in [0, 0.1) is 0 Å². The number of anilines is 1. The van der Waals surface area contributed by atoms with Crippen molar-refractivity contribution in [1.82, 2.24) is 14.9 Å². The fourth-order valence-corrected chi connectivity index (χ4v) is 2.63. The highest BCUT2D eigenvalue weighted by atomic mass is 16.2. The topological polar surface area (TPSA) is 76.0 Å². The number of pyridine rings is 2. The van der Waals surface area contributed by atoms with Crippen molar-refractivity contribution in [1.29, 1.82) is 0 Å². The monoisotopic (exact) mass is 348 g/mol. The van der Waals surface area contributed by atoms with Gasteiger partial charge in [-0.3, -0.25) is 9.78 Å². The number of urea groups is 1. The number of rotatable bonds is 4. The van der Waals surface area contributed by atoms with E-state index in [9.17, 15) is 9.59 Å². The van der Waals surface area contributed by atoms with Crippen molar-refractivity contribution in [3.63, 3.8) is 0 Å². The molecule has 0 radical (unpaired) electrons. The molecule has 6 heteroatoms. The van der Waals surface area contributed by atoms with Gasteiger partial charge < -0.3 is 15.2 Å². The summed E-state index contributed by atoms with van der Waals surface area (Å²) in [6.45, 7) is 1.89. The van der Waals surface area contributed by atoms with E-state index >= 15 is 0 Å². The van der Waals surface area contributed by atoms with Crippen LogP contribution in [-0.4, -0.2) is 15.6 Å². The second-order valence-electron chi connectivity index (χ2n) is 6.02. The van der Waals surface area contributed by atoms with Crippen molar-refractivity contribution in [3.05, 3.63) is 83.0 Å². The zero-order valence-electron chi connectivity index (χ0n) is 14.6. The van der Waals surface area contributed by atoms with Crippen LogP contribution in [0.15, 0.2) is 71.9 Å². The molecule has 0 spiro atoms. The van der Waals surface area contributed by atoms with Crippen LogP contribution in [0.25, 0.3) is 11.1 Å². The van der Waals surface area contributed by atoms with E-state index in [2.05, 4.69) is 15.6 Å². The Morgan fingerprint density at radius 1 is 1.08 bits per heavy atom. The Hall–Kier alpha value is -3.41. The number of amides is 2. The van der Waals surface area contributed by atoms with Crippen LogP contribution in [0.5, 0.6) is 0 Å². The van der Waals surface area contributed by atoms with Gasteiger partial charge in [0.2, 0.25) is 0 Å². The molecule has 132 valence electrons. The summed E-state index contributed by atoms with van der Waals surface area (Å²) in [5.74, 6) is 0. The molecule has 1 aromatic carbocycles. The van der Waals surface area contributed by atoms with Gasteiger partial charge in [0.15, 0.2) is 0 Å². The molecule has 0 aliphatic heterocycles. The highest BCUT2D eigenvalue weighted by Gasteiger charge is 2.11. The van der Waals surface area contributed by atoms with E-state index in [-0.39, 0.29) is 17.3 Å². The Morgan fingerprint density at radius 3 is 2.54 bits per heavy atom. The molecule has 0 saturated heterocycles. The third kappa shape index (κ3) is 3.97. The molecule has 1 atom stereocenters. The van der Waals surface area contributed by atoms with Crippen LogP contribution in [0.3, 0.4) is 0 Å². The van der Waals surface area contributed by atoms with Gasteiger partial charge in [-0.2, -0.15) is 0 Å². The van der Waals surface area contributed by atoms with Crippen molar-refractivity contribution in [3.8, 4) is 11.1 Å². The largest absolute Gasteiger partial charge is 0.331 e. The van der Waals surface area contributed by atoms with Gasteiger partial charge in [-0.1, -0.05) is 30.3 Å². The second kappa shape index (κ2) is 7.65. The summed E-state index contributed by atoms with van der Waals surface area (Å²) in [5, 5.41) is 5.44. The summed E-state index contributed by atoms with van der Waals surface area (Å²) in [7, 11) is 1.64. The zero-order chi connectivity index (χ0) is 18.5. The van der Waals surface area contributed by atoms with Gasteiger partial charge >= 0.3 is 6.03 Å². The van der Waals surface area contributed by atoms with Crippen LogP contribution in [0.2, 0.25) is 0 Å². The molecule has 26 heavy (non-hydrogen) atoms. The minimum atomic E-state index is -0.419. The standard InChI is InChI=1S/C20H20N4O2/c1-14(22-20(26)23-18-6-4-12-24(2)19(18)25)15-7-9-16(10-8-15)17-5-3-11-21-13-17/h3-14H,1-2H3,(H2,22,23,26)/t14-/m0/s1. The average Bonchev–Trinajstić information content (AvgIpc) is 2.66. The lowest BCUT2D eigenvalue weighted by Crippen LogP contribution is -2.33. The van der Waals surface area contributed by atoms with Gasteiger partial charge in [-0.15, -0.1) is 0 Å². The van der Waals surface area contributed by atoms with Gasteiger partial charge in [0.25, 0.3) is 5.56 Å². The van der Waals surface area contributed by atoms with Crippen LogP contribution >= 0.6 is 0 Å². The van der Waals surface area contributed by atoms with Crippen molar-refractivity contribution in [2.24, 2.45) is 7.05 Å². The van der Waals surface area contributed by atoms with Gasteiger partial charge in [0.1, 0.15) is 5.69 Å². The third-order valence-electron chi connectivity index (χ3n) is 4.12. The molecule has 2 amide bonds. The molecule has 0 aliphatic rings. The number of benzene rings is 1. The third-order valence-corrected chi connectivity index (χ3v) is 4.12. The van der Waals surface area contributed by atoms with Crippen molar-refractivity contribution in [2.75, 3.05) is 5.32 Å². The Bertz CT molecular complexity index is 950. The summed E-state index contributed by atoms with van der Waals surface area (Å²) >= 11 is 0. The normalized spacial score (nSPS) is 11.6. The first-order chi connectivity index (χ1) is 12.5. The molecule has 6 nitrogen and oxygen atoms in total. The molecule has 2 aromatic heterocycles. The van der Waals surface area contributed by atoms with E-state index in [0.717, 1.165) is 16.7 Å². The first-order valence-corrected chi connectivity index (χ1v) is 8.28. The molecule has 0 aliphatic carbocycles. The molecule has 3 rings (SSSR count). The number of hydrogen-bond acceptors (Lipinski definition) is 3. The van der Waals surface area contributed by atoms with Crippen LogP contribution in [-0.2, 0) is 7.05 Å². The predicted octanol–water partition coefficient (Wildman–Crippen LogP) is 3.33. The maximum Gasteiger partial charge on any atom is 0.319 e. The minimum Gasteiger partial charge on any atom is -0.331 e. The molecule has 2 heterocycles. The highest BCUT2D eigenvalue weighted by Crippen LogP contribution is 2.21. The Morgan fingerprint density at radius 2 is 1.85 bits per heavy atom. The smallest absolute Gasteiger partial charge is 0.319 e. The first kappa shape index (κ1) is 17.4. The molecule has 0 unspecified atom stereocenters. The molecular formula is C20H20N4O2. The lowest BCUT2D eigenvalue weighted by atomic mass is 10.0. The average molecular weight is 348 g/mol. The zero-order valence-corrected chi connectivity index (χ0v) is 14.6. The highest BCUT2D eigenvalue weighted by molar-refractivity contribution is 5.89. The van der Waals surface area contributed by atoms with Gasteiger partial charge in [-0.05, 0) is 41.8 Å². The van der Waals surface area contributed by atoms with E-state index in [1.165, 1.54) is 4.57 Å². The summed E-state index contributed by atoms with van der Waals surface area (Å²) in [6.07, 6.45) is 5.19. The van der Waals surface area contributed by atoms with Crippen LogP contribution in [0.4, 0.5) is 10.5 Å². The molecule has 0 bridgehead atoms. The van der Waals surface area contributed by atoms with E-state index in [1.807, 2.05) is 49.5 Å². The fourth-order valence-electron chi connectivity index (χ4n) is 2.63. The summed E-state index contributed by atoms with van der Waals surface area (Å²) in [6, 6.07) is 14.5. The van der Waals surface area contributed by atoms with Crippen LogP contribution < -0.4 is 16.2 Å². The Kier molecular flexibility index (Phi) is 5.12. The molecule has 0 fully saturated rings. The van der Waals surface area contributed by atoms with Crippen molar-refractivity contribution in [2.45, 2.75) is 13.0 Å². The summed E-state index contributed by atoms with van der Waals surface area (Å²) < 4.78 is 1.41. The maximum atomic E-state index is 12.2. The van der Waals surface area contributed by atoms with E-state index < -0.39 is 6.03 Å². The van der Waals surface area contributed by atoms with Gasteiger partial charge in [-0.25, -0.2) is 4.79 Å². The van der Waals surface area contributed by atoms with Crippen molar-refractivity contribution < 1.29 is 4.79 Å². The second-order valence-corrected chi connectivity index (χ2v) is 6.02. The lowest BCUT2D eigenvalue weighted by molar-refractivity contribution is 0.249. The number of carbonyl (C=O) groups excluding carboxylic acids is 1. The van der Waals surface area contributed by atoms with Gasteiger partial charge in [0, 0.05) is 25.6 Å². The number of nitrogens with one attached hydrogen (secondary N) is 2. The molecular weight excluding hydrogens is 328 g/mol. The Balaban J connectivity index is 1.66. The molecule has 0 saturated carbocycles. The van der Waals surface area contributed by atoms with Gasteiger partial charge in [0.05, 0.1) is 6.04 Å². The number of carbonyl (C=O) groups is 1. The minimum absolute atomic E-state index is 0.203. The summed E-state index contributed by atoms with van der Waals surface area (Å²) in [5.41, 5.74) is 3.06. The van der Waals surface area contributed by atoms with E-state index in [1.54, 1.807) is 31.6 Å². The molecule has 2 N–H and O–H groups in total. The number of aryl methyl sites for hydroxylation is 1.